The SMILES string of the molecule is CN(Cc1ccco1)C(=O)CCc1nc(-c2cccs2)no1. The molecule has 0 aromatic carbocycles. The summed E-state index contributed by atoms with van der Waals surface area (Å²) in [5, 5.41) is 5.88. The van der Waals surface area contributed by atoms with Gasteiger partial charge in [-0.25, -0.2) is 0 Å². The topological polar surface area (TPSA) is 72.4 Å². The summed E-state index contributed by atoms with van der Waals surface area (Å²) in [5.74, 6) is 1.81. The van der Waals surface area contributed by atoms with Gasteiger partial charge in [0.05, 0.1) is 17.7 Å². The van der Waals surface area contributed by atoms with E-state index in [0.29, 0.717) is 31.1 Å². The molecule has 1 amide bonds. The quantitative estimate of drug-likeness (QED) is 0.699. The number of hydrogen-bond donors (Lipinski definition) is 0. The van der Waals surface area contributed by atoms with E-state index in [0.717, 1.165) is 10.6 Å². The largest absolute Gasteiger partial charge is 0.467 e. The minimum atomic E-state index is 0.00673. The normalized spacial score (nSPS) is 10.8. The molecule has 0 aliphatic carbocycles. The molecule has 3 heterocycles. The lowest BCUT2D eigenvalue weighted by Gasteiger charge is -2.14. The first-order valence-corrected chi connectivity index (χ1v) is 7.73. The zero-order valence-electron chi connectivity index (χ0n) is 12.1. The van der Waals surface area contributed by atoms with Gasteiger partial charge in [0, 0.05) is 19.9 Å². The summed E-state index contributed by atoms with van der Waals surface area (Å²) in [6.07, 6.45) is 2.35. The maximum Gasteiger partial charge on any atom is 0.227 e. The van der Waals surface area contributed by atoms with Crippen LogP contribution in [0.15, 0.2) is 44.8 Å². The van der Waals surface area contributed by atoms with Crippen LogP contribution < -0.4 is 0 Å². The number of carbonyl (C=O) groups is 1. The molecular formula is C15H15N3O3S. The van der Waals surface area contributed by atoms with Crippen LogP contribution in [-0.2, 0) is 17.8 Å². The lowest BCUT2D eigenvalue weighted by Crippen LogP contribution is -2.26. The number of carbonyl (C=O) groups excluding carboxylic acids is 1. The van der Waals surface area contributed by atoms with Crippen LogP contribution in [-0.4, -0.2) is 28.0 Å². The second-order valence-electron chi connectivity index (χ2n) is 4.82. The summed E-state index contributed by atoms with van der Waals surface area (Å²) in [7, 11) is 1.75. The van der Waals surface area contributed by atoms with E-state index >= 15 is 0 Å². The fourth-order valence-electron chi connectivity index (χ4n) is 1.99. The Hall–Kier alpha value is -2.41. The third kappa shape index (κ3) is 3.43. The number of furan rings is 1. The molecule has 0 radical (unpaired) electrons. The minimum Gasteiger partial charge on any atom is -0.467 e. The number of aryl methyl sites for hydroxylation is 1. The third-order valence-corrected chi connectivity index (χ3v) is 4.03. The Morgan fingerprint density at radius 1 is 1.36 bits per heavy atom. The van der Waals surface area contributed by atoms with Crippen molar-refractivity contribution in [3.63, 3.8) is 0 Å². The Morgan fingerprint density at radius 3 is 3.00 bits per heavy atom. The molecule has 3 rings (SSSR count). The van der Waals surface area contributed by atoms with E-state index in [1.165, 1.54) is 0 Å². The van der Waals surface area contributed by atoms with Crippen molar-refractivity contribution >= 4 is 17.2 Å². The van der Waals surface area contributed by atoms with E-state index in [-0.39, 0.29) is 5.91 Å². The van der Waals surface area contributed by atoms with Gasteiger partial charge in [0.2, 0.25) is 17.6 Å². The zero-order chi connectivity index (χ0) is 15.4. The highest BCUT2D eigenvalue weighted by molar-refractivity contribution is 7.13. The van der Waals surface area contributed by atoms with E-state index in [2.05, 4.69) is 10.1 Å². The van der Waals surface area contributed by atoms with Crippen LogP contribution in [0.5, 0.6) is 0 Å². The van der Waals surface area contributed by atoms with Crippen molar-refractivity contribution in [2.75, 3.05) is 7.05 Å². The molecule has 0 aliphatic heterocycles. The van der Waals surface area contributed by atoms with Gasteiger partial charge in [0.25, 0.3) is 0 Å². The predicted molar refractivity (Wildman–Crippen MR) is 81.1 cm³/mol. The molecule has 0 unspecified atom stereocenters. The molecule has 6 nitrogen and oxygen atoms in total. The molecule has 0 spiro atoms. The summed E-state index contributed by atoms with van der Waals surface area (Å²) in [4.78, 5) is 19.0. The highest BCUT2D eigenvalue weighted by atomic mass is 32.1. The molecule has 114 valence electrons. The Kier molecular flexibility index (Phi) is 4.34. The first kappa shape index (κ1) is 14.5. The van der Waals surface area contributed by atoms with Crippen molar-refractivity contribution in [2.24, 2.45) is 0 Å². The van der Waals surface area contributed by atoms with Crippen LogP contribution >= 0.6 is 11.3 Å². The van der Waals surface area contributed by atoms with Gasteiger partial charge < -0.3 is 13.8 Å². The van der Waals surface area contributed by atoms with Crippen molar-refractivity contribution in [1.82, 2.24) is 15.0 Å². The second-order valence-corrected chi connectivity index (χ2v) is 5.77. The van der Waals surface area contributed by atoms with Gasteiger partial charge in [-0.05, 0) is 23.6 Å². The van der Waals surface area contributed by atoms with E-state index in [1.54, 1.807) is 35.6 Å². The average molecular weight is 317 g/mol. The average Bonchev–Trinajstić information content (AvgIpc) is 3.25. The number of aromatic nitrogens is 2. The molecule has 0 bridgehead atoms. The number of hydrogen-bond acceptors (Lipinski definition) is 6. The van der Waals surface area contributed by atoms with Crippen LogP contribution in [0, 0.1) is 0 Å². The highest BCUT2D eigenvalue weighted by Crippen LogP contribution is 2.21. The van der Waals surface area contributed by atoms with Crippen LogP contribution in [0.3, 0.4) is 0 Å². The number of nitrogens with zero attached hydrogens (tertiary/aromatic N) is 3. The van der Waals surface area contributed by atoms with E-state index in [1.807, 2.05) is 23.6 Å². The van der Waals surface area contributed by atoms with Gasteiger partial charge >= 0.3 is 0 Å². The first-order chi connectivity index (χ1) is 10.7. The highest BCUT2D eigenvalue weighted by Gasteiger charge is 2.14. The first-order valence-electron chi connectivity index (χ1n) is 6.85. The molecule has 0 N–H and O–H groups in total. The Labute approximate surface area is 131 Å². The van der Waals surface area contributed by atoms with Gasteiger partial charge in [-0.2, -0.15) is 4.98 Å². The number of thiophene rings is 1. The van der Waals surface area contributed by atoms with Gasteiger partial charge in [0.15, 0.2) is 0 Å². The molecule has 7 heteroatoms. The standard InChI is InChI=1S/C15H15N3O3S/c1-18(10-11-4-2-8-20-11)14(19)7-6-13-16-15(17-21-13)12-5-3-9-22-12/h2-5,8-9H,6-7,10H2,1H3. The molecule has 0 fully saturated rings. The van der Waals surface area contributed by atoms with Gasteiger partial charge in [0.1, 0.15) is 5.76 Å². The molecular weight excluding hydrogens is 302 g/mol. The van der Waals surface area contributed by atoms with E-state index in [4.69, 9.17) is 8.94 Å². The fourth-order valence-corrected chi connectivity index (χ4v) is 2.64. The third-order valence-electron chi connectivity index (χ3n) is 3.16. The van der Waals surface area contributed by atoms with Gasteiger partial charge in [-0.3, -0.25) is 4.79 Å². The monoisotopic (exact) mass is 317 g/mol. The van der Waals surface area contributed by atoms with E-state index < -0.39 is 0 Å². The molecule has 3 aromatic rings. The Bertz CT molecular complexity index is 719. The summed E-state index contributed by atoms with van der Waals surface area (Å²) in [5.41, 5.74) is 0. The molecule has 0 saturated carbocycles. The lowest BCUT2D eigenvalue weighted by atomic mass is 10.2. The molecule has 0 aliphatic rings. The summed E-state index contributed by atoms with van der Waals surface area (Å²) in [6, 6.07) is 7.51. The molecule has 3 aromatic heterocycles. The van der Waals surface area contributed by atoms with Crippen LogP contribution in [0.4, 0.5) is 0 Å². The van der Waals surface area contributed by atoms with Crippen LogP contribution in [0.1, 0.15) is 18.1 Å². The maximum atomic E-state index is 12.1. The van der Waals surface area contributed by atoms with Crippen molar-refractivity contribution in [3.8, 4) is 10.7 Å². The van der Waals surface area contributed by atoms with Crippen LogP contribution in [0.2, 0.25) is 0 Å². The zero-order valence-corrected chi connectivity index (χ0v) is 12.9. The van der Waals surface area contributed by atoms with Gasteiger partial charge in [-0.1, -0.05) is 11.2 Å². The number of amides is 1. The lowest BCUT2D eigenvalue weighted by molar-refractivity contribution is -0.130. The molecule has 0 atom stereocenters. The van der Waals surface area contributed by atoms with Crippen molar-refractivity contribution in [1.29, 1.82) is 0 Å². The molecule has 22 heavy (non-hydrogen) atoms. The summed E-state index contributed by atoms with van der Waals surface area (Å²) < 4.78 is 10.4. The van der Waals surface area contributed by atoms with Crippen molar-refractivity contribution < 1.29 is 13.7 Å². The van der Waals surface area contributed by atoms with E-state index in [9.17, 15) is 4.79 Å². The second kappa shape index (κ2) is 6.57. The summed E-state index contributed by atoms with van der Waals surface area (Å²) in [6.45, 7) is 0.454. The van der Waals surface area contributed by atoms with Crippen molar-refractivity contribution in [3.05, 3.63) is 47.6 Å². The van der Waals surface area contributed by atoms with Crippen molar-refractivity contribution in [2.45, 2.75) is 19.4 Å². The summed E-state index contributed by atoms with van der Waals surface area (Å²) >= 11 is 1.55. The van der Waals surface area contributed by atoms with Gasteiger partial charge in [-0.15, -0.1) is 11.3 Å². The Morgan fingerprint density at radius 2 is 2.27 bits per heavy atom. The maximum absolute atomic E-state index is 12.1. The minimum absolute atomic E-state index is 0.00673. The number of rotatable bonds is 6. The molecule has 0 saturated heterocycles. The fraction of sp³-hybridized carbons (Fsp3) is 0.267. The van der Waals surface area contributed by atoms with Crippen LogP contribution in [0.25, 0.3) is 10.7 Å². The smallest absolute Gasteiger partial charge is 0.227 e. The predicted octanol–water partition coefficient (Wildman–Crippen LogP) is 2.98. The Balaban J connectivity index is 1.52.